The zero-order valence-corrected chi connectivity index (χ0v) is 14.7. The van der Waals surface area contributed by atoms with Gasteiger partial charge in [0.05, 0.1) is 26.4 Å². The van der Waals surface area contributed by atoms with E-state index in [0.29, 0.717) is 13.0 Å². The minimum atomic E-state index is -0.654. The van der Waals surface area contributed by atoms with E-state index in [9.17, 15) is 0 Å². The van der Waals surface area contributed by atoms with E-state index >= 15 is 0 Å². The molecule has 25 heavy (non-hydrogen) atoms. The van der Waals surface area contributed by atoms with Gasteiger partial charge in [-0.1, -0.05) is 24.3 Å². The largest absolute Gasteiger partial charge is 0.449 e. The lowest BCUT2D eigenvalue weighted by Gasteiger charge is -2.26. The summed E-state index contributed by atoms with van der Waals surface area (Å²) in [7, 11) is 0. The highest BCUT2D eigenvalue weighted by Gasteiger charge is 2.36. The fraction of sp³-hybridized carbons (Fsp3) is 0.500. The van der Waals surface area contributed by atoms with Gasteiger partial charge in [-0.25, -0.2) is 0 Å². The first-order chi connectivity index (χ1) is 12.2. The lowest BCUT2D eigenvalue weighted by Crippen LogP contribution is -2.39. The molecule has 0 unspecified atom stereocenters. The highest BCUT2D eigenvalue weighted by molar-refractivity contribution is 5.86. The van der Waals surface area contributed by atoms with E-state index in [0.717, 1.165) is 61.7 Å². The second-order valence-corrected chi connectivity index (χ2v) is 6.80. The summed E-state index contributed by atoms with van der Waals surface area (Å²) in [6.45, 7) is 7.92. The third kappa shape index (κ3) is 3.89. The molecule has 1 fully saturated rings. The molecule has 1 saturated heterocycles. The molecule has 4 rings (SSSR count). The molecule has 0 N–H and O–H groups in total. The second kappa shape index (κ2) is 7.20. The van der Waals surface area contributed by atoms with Gasteiger partial charge in [-0.2, -0.15) is 0 Å². The van der Waals surface area contributed by atoms with E-state index in [4.69, 9.17) is 18.9 Å². The van der Waals surface area contributed by atoms with Crippen LogP contribution in [0.1, 0.15) is 13.3 Å². The maximum atomic E-state index is 6.07. The molecule has 2 aliphatic rings. The Bertz CT molecular complexity index is 682. The van der Waals surface area contributed by atoms with Gasteiger partial charge in [0.1, 0.15) is 0 Å². The summed E-state index contributed by atoms with van der Waals surface area (Å²) in [4.78, 5) is 2.37. The van der Waals surface area contributed by atoms with Crippen LogP contribution < -0.4 is 9.47 Å². The second-order valence-electron chi connectivity index (χ2n) is 6.80. The summed E-state index contributed by atoms with van der Waals surface area (Å²) in [6, 6.07) is 12.3. The number of nitrogens with zero attached hydrogens (tertiary/aromatic N) is 1. The van der Waals surface area contributed by atoms with Crippen molar-refractivity contribution in [2.45, 2.75) is 19.1 Å². The maximum absolute atomic E-state index is 6.07. The first-order valence-corrected chi connectivity index (χ1v) is 9.01. The van der Waals surface area contributed by atoms with Gasteiger partial charge in [0.15, 0.2) is 11.5 Å². The van der Waals surface area contributed by atoms with Crippen LogP contribution in [0.25, 0.3) is 10.8 Å². The van der Waals surface area contributed by atoms with E-state index in [2.05, 4.69) is 29.2 Å². The molecular formula is C20H25NO4. The number of hydrogen-bond donors (Lipinski definition) is 0. The van der Waals surface area contributed by atoms with Gasteiger partial charge in [0.25, 0.3) is 5.79 Å². The van der Waals surface area contributed by atoms with E-state index in [1.165, 1.54) is 0 Å². The zero-order valence-electron chi connectivity index (χ0n) is 14.7. The number of fused-ring (bicyclic) bond motifs is 2. The molecule has 0 amide bonds. The number of hydrogen-bond acceptors (Lipinski definition) is 5. The third-order valence-corrected chi connectivity index (χ3v) is 4.82. The van der Waals surface area contributed by atoms with Crippen molar-refractivity contribution in [2.24, 2.45) is 0 Å². The number of benzene rings is 2. The highest BCUT2D eigenvalue weighted by Crippen LogP contribution is 2.43. The van der Waals surface area contributed by atoms with Gasteiger partial charge in [0, 0.05) is 33.0 Å². The Morgan fingerprint density at radius 3 is 2.28 bits per heavy atom. The lowest BCUT2D eigenvalue weighted by atomic mass is 10.1. The Morgan fingerprint density at radius 2 is 1.64 bits per heavy atom. The van der Waals surface area contributed by atoms with Crippen LogP contribution in [0.2, 0.25) is 0 Å². The average Bonchev–Trinajstić information content (AvgIpc) is 2.95. The molecule has 0 bridgehead atoms. The molecule has 2 heterocycles. The first-order valence-electron chi connectivity index (χ1n) is 9.01. The summed E-state index contributed by atoms with van der Waals surface area (Å²) >= 11 is 0. The van der Waals surface area contributed by atoms with Crippen molar-refractivity contribution in [3.8, 4) is 11.5 Å². The van der Waals surface area contributed by atoms with Crippen molar-refractivity contribution >= 4 is 10.8 Å². The summed E-state index contributed by atoms with van der Waals surface area (Å²) < 4.78 is 23.3. The molecule has 2 aromatic carbocycles. The molecule has 0 atom stereocenters. The van der Waals surface area contributed by atoms with Gasteiger partial charge >= 0.3 is 0 Å². The van der Waals surface area contributed by atoms with E-state index < -0.39 is 5.79 Å². The fourth-order valence-corrected chi connectivity index (χ4v) is 3.32. The van der Waals surface area contributed by atoms with Crippen LogP contribution in [-0.4, -0.2) is 56.7 Å². The quantitative estimate of drug-likeness (QED) is 0.754. The van der Waals surface area contributed by atoms with E-state index in [1.54, 1.807) is 0 Å². The Hall–Kier alpha value is -1.82. The van der Waals surface area contributed by atoms with Crippen molar-refractivity contribution in [3.05, 3.63) is 36.4 Å². The van der Waals surface area contributed by atoms with E-state index in [1.807, 2.05) is 19.1 Å². The van der Waals surface area contributed by atoms with Crippen LogP contribution in [0, 0.1) is 0 Å². The molecule has 2 aliphatic heterocycles. The predicted molar refractivity (Wildman–Crippen MR) is 96.3 cm³/mol. The predicted octanol–water partition coefficient (Wildman–Crippen LogP) is 3.07. The Balaban J connectivity index is 1.27. The highest BCUT2D eigenvalue weighted by atomic mass is 16.7. The SMILES string of the molecule is CC1(CCOCCN2CCOCC2)Oc2cc3ccccc3cc2O1. The molecule has 0 spiro atoms. The summed E-state index contributed by atoms with van der Waals surface area (Å²) in [5.74, 6) is 0.975. The van der Waals surface area contributed by atoms with Crippen molar-refractivity contribution in [2.75, 3.05) is 46.1 Å². The van der Waals surface area contributed by atoms with Crippen LogP contribution in [0.15, 0.2) is 36.4 Å². The number of ether oxygens (including phenoxy) is 4. The van der Waals surface area contributed by atoms with Gasteiger partial charge in [-0.15, -0.1) is 0 Å². The first kappa shape index (κ1) is 16.6. The normalized spacial score (nSPS) is 19.4. The lowest BCUT2D eigenvalue weighted by molar-refractivity contribution is -0.0848. The zero-order chi connectivity index (χ0) is 17.1. The molecule has 5 nitrogen and oxygen atoms in total. The van der Waals surface area contributed by atoms with Crippen LogP contribution in [-0.2, 0) is 9.47 Å². The van der Waals surface area contributed by atoms with Crippen LogP contribution in [0.5, 0.6) is 11.5 Å². The smallest absolute Gasteiger partial charge is 0.251 e. The Morgan fingerprint density at radius 1 is 1.00 bits per heavy atom. The number of rotatable bonds is 6. The minimum absolute atomic E-state index is 0.619. The van der Waals surface area contributed by atoms with Crippen LogP contribution in [0.3, 0.4) is 0 Å². The van der Waals surface area contributed by atoms with Crippen molar-refractivity contribution < 1.29 is 18.9 Å². The minimum Gasteiger partial charge on any atom is -0.449 e. The molecule has 5 heteroatoms. The van der Waals surface area contributed by atoms with E-state index in [-0.39, 0.29) is 0 Å². The van der Waals surface area contributed by atoms with Gasteiger partial charge in [0.2, 0.25) is 0 Å². The standard InChI is InChI=1S/C20H25NO4/c1-20(6-10-22-11-7-21-8-12-23-13-9-21)24-18-14-16-4-2-3-5-17(16)15-19(18)25-20/h2-5,14-15H,6-13H2,1H3. The van der Waals surface area contributed by atoms with Gasteiger partial charge < -0.3 is 18.9 Å². The number of morpholine rings is 1. The molecule has 134 valence electrons. The topological polar surface area (TPSA) is 40.2 Å². The van der Waals surface area contributed by atoms with Gasteiger partial charge in [-0.05, 0) is 22.9 Å². The molecule has 0 aromatic heterocycles. The average molecular weight is 343 g/mol. The molecule has 0 radical (unpaired) electrons. The van der Waals surface area contributed by atoms with Gasteiger partial charge in [-0.3, -0.25) is 4.90 Å². The summed E-state index contributed by atoms with van der Waals surface area (Å²) in [5, 5.41) is 2.33. The maximum Gasteiger partial charge on any atom is 0.251 e. The van der Waals surface area contributed by atoms with Crippen molar-refractivity contribution in [3.63, 3.8) is 0 Å². The van der Waals surface area contributed by atoms with Crippen LogP contribution >= 0.6 is 0 Å². The molecule has 2 aromatic rings. The molecule has 0 aliphatic carbocycles. The monoisotopic (exact) mass is 343 g/mol. The fourth-order valence-electron chi connectivity index (χ4n) is 3.32. The summed E-state index contributed by atoms with van der Waals surface area (Å²) in [6.07, 6.45) is 0.696. The van der Waals surface area contributed by atoms with Crippen LogP contribution in [0.4, 0.5) is 0 Å². The molecule has 0 saturated carbocycles. The third-order valence-electron chi connectivity index (χ3n) is 4.82. The molecular weight excluding hydrogens is 318 g/mol. The Kier molecular flexibility index (Phi) is 4.79. The van der Waals surface area contributed by atoms with Crippen molar-refractivity contribution in [1.29, 1.82) is 0 Å². The van der Waals surface area contributed by atoms with Crippen molar-refractivity contribution in [1.82, 2.24) is 4.90 Å². The Labute approximate surface area is 148 Å². The summed E-state index contributed by atoms with van der Waals surface area (Å²) in [5.41, 5.74) is 0.